The fourth-order valence-electron chi connectivity index (χ4n) is 1.38. The molecule has 0 bridgehead atoms. The Morgan fingerprint density at radius 3 is 2.71 bits per heavy atom. The fraction of sp³-hybridized carbons (Fsp3) is 0.167. The van der Waals surface area contributed by atoms with Crippen LogP contribution >= 0.6 is 11.3 Å². The van der Waals surface area contributed by atoms with Gasteiger partial charge in [0.2, 0.25) is 0 Å². The van der Waals surface area contributed by atoms with E-state index in [9.17, 15) is 4.39 Å². The molecule has 86 valence electrons. The van der Waals surface area contributed by atoms with Gasteiger partial charge in [-0.1, -0.05) is 0 Å². The van der Waals surface area contributed by atoms with Crippen LogP contribution in [0.25, 0.3) is 0 Å². The van der Waals surface area contributed by atoms with Gasteiger partial charge in [-0.05, 0) is 32.0 Å². The molecule has 0 radical (unpaired) electrons. The van der Waals surface area contributed by atoms with Crippen molar-refractivity contribution >= 4 is 22.2 Å². The molecule has 1 aromatic heterocycles. The molecule has 0 amide bonds. The lowest BCUT2D eigenvalue weighted by atomic mass is 10.2. The van der Waals surface area contributed by atoms with Crippen molar-refractivity contribution in [2.24, 2.45) is 0 Å². The highest BCUT2D eigenvalue weighted by molar-refractivity contribution is 7.15. The lowest BCUT2D eigenvalue weighted by Crippen LogP contribution is -1.91. The highest BCUT2D eigenvalue weighted by atomic mass is 32.1. The number of thiazole rings is 1. The van der Waals surface area contributed by atoms with E-state index < -0.39 is 5.82 Å². The maximum absolute atomic E-state index is 13.2. The van der Waals surface area contributed by atoms with E-state index in [0.717, 1.165) is 10.6 Å². The molecule has 1 heterocycles. The van der Waals surface area contributed by atoms with Crippen LogP contribution in [0.4, 0.5) is 15.2 Å². The highest BCUT2D eigenvalue weighted by Crippen LogP contribution is 2.25. The number of halogens is 1. The summed E-state index contributed by atoms with van der Waals surface area (Å²) < 4.78 is 13.2. The van der Waals surface area contributed by atoms with E-state index in [1.54, 1.807) is 6.07 Å². The van der Waals surface area contributed by atoms with Crippen molar-refractivity contribution in [2.45, 2.75) is 13.8 Å². The summed E-state index contributed by atoms with van der Waals surface area (Å²) in [5.41, 5.74) is 1.78. The van der Waals surface area contributed by atoms with Crippen molar-refractivity contribution in [3.63, 3.8) is 0 Å². The van der Waals surface area contributed by atoms with Crippen molar-refractivity contribution in [2.75, 3.05) is 5.32 Å². The van der Waals surface area contributed by atoms with Crippen LogP contribution in [0.2, 0.25) is 0 Å². The zero-order valence-electron chi connectivity index (χ0n) is 9.41. The van der Waals surface area contributed by atoms with Crippen LogP contribution in [0.5, 0.6) is 0 Å². The molecule has 1 N–H and O–H groups in total. The van der Waals surface area contributed by atoms with E-state index in [0.29, 0.717) is 10.8 Å². The molecule has 0 aliphatic rings. The number of hydrogen-bond acceptors (Lipinski definition) is 4. The summed E-state index contributed by atoms with van der Waals surface area (Å²) in [6, 6.07) is 6.04. The molecule has 2 rings (SSSR count). The molecule has 0 spiro atoms. The number of rotatable bonds is 2. The van der Waals surface area contributed by atoms with Crippen molar-refractivity contribution in [3.05, 3.63) is 40.2 Å². The number of hydrogen-bond donors (Lipinski definition) is 1. The number of nitrogens with zero attached hydrogens (tertiary/aromatic N) is 2. The van der Waals surface area contributed by atoms with Crippen LogP contribution in [0, 0.1) is 31.0 Å². The number of nitrogens with one attached hydrogen (secondary N) is 1. The normalized spacial score (nSPS) is 10.0. The van der Waals surface area contributed by atoms with Crippen LogP contribution < -0.4 is 5.32 Å². The number of aromatic nitrogens is 1. The molecule has 0 atom stereocenters. The largest absolute Gasteiger partial charge is 0.331 e. The molecule has 0 fully saturated rings. The summed E-state index contributed by atoms with van der Waals surface area (Å²) >= 11 is 1.50. The van der Waals surface area contributed by atoms with Crippen molar-refractivity contribution in [1.29, 1.82) is 5.26 Å². The summed E-state index contributed by atoms with van der Waals surface area (Å²) in [5, 5.41) is 12.4. The predicted molar refractivity (Wildman–Crippen MR) is 66.0 cm³/mol. The molecule has 0 unspecified atom stereocenters. The maximum atomic E-state index is 13.2. The minimum absolute atomic E-state index is 0.289. The van der Waals surface area contributed by atoms with Gasteiger partial charge in [0, 0.05) is 10.6 Å². The van der Waals surface area contributed by atoms with Gasteiger partial charge >= 0.3 is 0 Å². The second kappa shape index (κ2) is 4.52. The summed E-state index contributed by atoms with van der Waals surface area (Å²) in [6.45, 7) is 3.90. The third kappa shape index (κ3) is 2.60. The molecule has 0 aliphatic heterocycles. The van der Waals surface area contributed by atoms with Crippen LogP contribution in [0.3, 0.4) is 0 Å². The molecule has 17 heavy (non-hydrogen) atoms. The lowest BCUT2D eigenvalue weighted by Gasteiger charge is -2.02. The first-order valence-electron chi connectivity index (χ1n) is 5.00. The molecule has 1 aromatic carbocycles. The van der Waals surface area contributed by atoms with Gasteiger partial charge < -0.3 is 5.32 Å². The Morgan fingerprint density at radius 1 is 1.35 bits per heavy atom. The summed E-state index contributed by atoms with van der Waals surface area (Å²) in [7, 11) is 0. The quantitative estimate of drug-likeness (QED) is 0.883. The molecule has 0 saturated heterocycles. The van der Waals surface area contributed by atoms with Crippen LogP contribution in [0.1, 0.15) is 16.1 Å². The zero-order chi connectivity index (χ0) is 12.4. The van der Waals surface area contributed by atoms with E-state index in [1.807, 2.05) is 19.9 Å². The first-order chi connectivity index (χ1) is 8.08. The Balaban J connectivity index is 2.30. The molecular formula is C12H10FN3S. The fourth-order valence-corrected chi connectivity index (χ4v) is 2.21. The van der Waals surface area contributed by atoms with Crippen molar-refractivity contribution < 1.29 is 4.39 Å². The summed E-state index contributed by atoms with van der Waals surface area (Å²) in [5.74, 6) is -0.434. The van der Waals surface area contributed by atoms with E-state index >= 15 is 0 Å². The second-order valence-corrected chi connectivity index (χ2v) is 4.83. The van der Waals surface area contributed by atoms with Crippen molar-refractivity contribution in [3.8, 4) is 6.07 Å². The van der Waals surface area contributed by atoms with E-state index in [4.69, 9.17) is 5.26 Å². The Labute approximate surface area is 103 Å². The summed E-state index contributed by atoms with van der Waals surface area (Å²) in [4.78, 5) is 5.41. The Kier molecular flexibility index (Phi) is 3.07. The number of nitriles is 1. The second-order valence-electron chi connectivity index (χ2n) is 3.63. The lowest BCUT2D eigenvalue weighted by molar-refractivity contribution is 0.628. The minimum Gasteiger partial charge on any atom is -0.331 e. The van der Waals surface area contributed by atoms with Crippen LogP contribution in [0.15, 0.2) is 18.2 Å². The summed E-state index contributed by atoms with van der Waals surface area (Å²) in [6.07, 6.45) is 0. The van der Waals surface area contributed by atoms with Gasteiger partial charge in [0.15, 0.2) is 5.13 Å². The van der Waals surface area contributed by atoms with Gasteiger partial charge in [0.05, 0.1) is 17.3 Å². The zero-order valence-corrected chi connectivity index (χ0v) is 10.2. The monoisotopic (exact) mass is 247 g/mol. The van der Waals surface area contributed by atoms with Gasteiger partial charge in [0.1, 0.15) is 5.82 Å². The first kappa shape index (κ1) is 11.6. The van der Waals surface area contributed by atoms with Crippen LogP contribution in [-0.2, 0) is 0 Å². The van der Waals surface area contributed by atoms with Crippen LogP contribution in [-0.4, -0.2) is 4.98 Å². The SMILES string of the molecule is Cc1nc(Nc2cc(F)cc(C#N)c2)sc1C. The highest BCUT2D eigenvalue weighted by Gasteiger charge is 2.05. The van der Waals surface area contributed by atoms with Gasteiger partial charge in [-0.3, -0.25) is 0 Å². The van der Waals surface area contributed by atoms with E-state index in [2.05, 4.69) is 10.3 Å². The van der Waals surface area contributed by atoms with E-state index in [-0.39, 0.29) is 5.56 Å². The Bertz CT molecular complexity index is 579. The van der Waals surface area contributed by atoms with Gasteiger partial charge in [-0.25, -0.2) is 9.37 Å². The average molecular weight is 247 g/mol. The molecule has 2 aromatic rings. The first-order valence-corrected chi connectivity index (χ1v) is 5.82. The number of aryl methyl sites for hydroxylation is 2. The van der Waals surface area contributed by atoms with Gasteiger partial charge in [-0.15, -0.1) is 11.3 Å². The number of anilines is 2. The van der Waals surface area contributed by atoms with Gasteiger partial charge in [0.25, 0.3) is 0 Å². The molecular weight excluding hydrogens is 237 g/mol. The average Bonchev–Trinajstić information content (AvgIpc) is 2.57. The molecule has 3 nitrogen and oxygen atoms in total. The minimum atomic E-state index is -0.434. The van der Waals surface area contributed by atoms with Gasteiger partial charge in [-0.2, -0.15) is 5.26 Å². The third-order valence-corrected chi connectivity index (χ3v) is 3.29. The third-order valence-electron chi connectivity index (χ3n) is 2.31. The van der Waals surface area contributed by atoms with Crippen molar-refractivity contribution in [1.82, 2.24) is 4.98 Å². The molecule has 5 heteroatoms. The molecule has 0 saturated carbocycles. The Morgan fingerprint density at radius 2 is 2.12 bits per heavy atom. The topological polar surface area (TPSA) is 48.7 Å². The maximum Gasteiger partial charge on any atom is 0.187 e. The number of benzene rings is 1. The predicted octanol–water partition coefficient (Wildman–Crippen LogP) is 3.51. The smallest absolute Gasteiger partial charge is 0.187 e. The standard InChI is InChI=1S/C12H10FN3S/c1-7-8(2)17-12(15-7)16-11-4-9(6-14)3-10(13)5-11/h3-5H,1-2H3,(H,15,16). The Hall–Kier alpha value is -1.93. The molecule has 0 aliphatic carbocycles. The van der Waals surface area contributed by atoms with E-state index in [1.165, 1.54) is 23.5 Å².